The molecule has 100 valence electrons. The molecule has 0 aromatic rings. The van der Waals surface area contributed by atoms with Crippen LogP contribution in [0.25, 0.3) is 0 Å². The van der Waals surface area contributed by atoms with Gasteiger partial charge in [0.15, 0.2) is 0 Å². The summed E-state index contributed by atoms with van der Waals surface area (Å²) >= 11 is 0. The van der Waals surface area contributed by atoms with Crippen molar-refractivity contribution in [3.63, 3.8) is 0 Å². The summed E-state index contributed by atoms with van der Waals surface area (Å²) in [7, 11) is 1.83. The molecule has 2 aliphatic heterocycles. The second-order valence-corrected chi connectivity index (χ2v) is 5.21. The van der Waals surface area contributed by atoms with E-state index in [-0.39, 0.29) is 28.7 Å². The molecule has 0 saturated carbocycles. The number of amidine groups is 1. The fourth-order valence-electron chi connectivity index (χ4n) is 2.50. The number of carbonyl (C=O) groups excluding carboxylic acids is 1. The number of aliphatic imine (C=N–C) groups is 1. The lowest BCUT2D eigenvalue weighted by molar-refractivity contribution is -0.830. The van der Waals surface area contributed by atoms with E-state index in [2.05, 4.69) is 11.9 Å². The van der Waals surface area contributed by atoms with Gasteiger partial charge in [-0.05, 0) is 12.8 Å². The van der Waals surface area contributed by atoms with E-state index in [0.717, 1.165) is 19.3 Å². The first-order chi connectivity index (χ1) is 8.56. The van der Waals surface area contributed by atoms with Gasteiger partial charge >= 0.3 is 6.03 Å². The maximum Gasteiger partial charge on any atom is 0.451 e. The zero-order valence-corrected chi connectivity index (χ0v) is 11.1. The van der Waals surface area contributed by atoms with Crippen LogP contribution in [0.1, 0.15) is 39.0 Å². The Morgan fingerprint density at radius 3 is 3.00 bits per heavy atom. The number of amides is 2. The zero-order chi connectivity index (χ0) is 13.2. The monoisotopic (exact) mass is 252 g/mol. The van der Waals surface area contributed by atoms with Crippen molar-refractivity contribution in [2.75, 3.05) is 7.05 Å². The van der Waals surface area contributed by atoms with E-state index in [4.69, 9.17) is 10.5 Å². The predicted molar refractivity (Wildman–Crippen MR) is 69.8 cm³/mol. The summed E-state index contributed by atoms with van der Waals surface area (Å²) < 4.78 is 6.09. The number of hydrogen-bond donors (Lipinski definition) is 1. The van der Waals surface area contributed by atoms with E-state index in [1.54, 1.807) is 12.3 Å². The van der Waals surface area contributed by atoms with Gasteiger partial charge in [-0.1, -0.05) is 19.8 Å². The molecule has 5 heteroatoms. The first-order valence-corrected chi connectivity index (χ1v) is 6.65. The van der Waals surface area contributed by atoms with E-state index in [1.807, 2.05) is 7.05 Å². The molecule has 0 aliphatic carbocycles. The van der Waals surface area contributed by atoms with E-state index in [9.17, 15) is 4.79 Å². The highest BCUT2D eigenvalue weighted by molar-refractivity contribution is 5.99. The topological polar surface area (TPSA) is 64.7 Å². The Morgan fingerprint density at radius 1 is 1.56 bits per heavy atom. The first kappa shape index (κ1) is 13.2. The number of ether oxygens (including phenoxy) is 1. The van der Waals surface area contributed by atoms with Crippen LogP contribution in [0, 0.1) is 0 Å². The standard InChI is InChI=1S/C13H21N3O2/c1-3-4-5-10-6-7-12(18-10)16(2)9-8-11(14)15-13(16)17/h8-10,12H,3-7H2,1-2H3,(H-,14,15,17)/p+1. The lowest BCUT2D eigenvalue weighted by atomic mass is 10.1. The number of carbonyl (C=O) groups is 1. The quantitative estimate of drug-likeness (QED) is 0.779. The van der Waals surface area contributed by atoms with Crippen LogP contribution in [0.2, 0.25) is 0 Å². The van der Waals surface area contributed by atoms with E-state index >= 15 is 0 Å². The molecule has 0 bridgehead atoms. The molecule has 0 aromatic heterocycles. The summed E-state index contributed by atoms with van der Waals surface area (Å²) in [5.41, 5.74) is 5.53. The highest BCUT2D eigenvalue weighted by atomic mass is 16.5. The van der Waals surface area contributed by atoms with Crippen LogP contribution in [0.4, 0.5) is 4.79 Å². The third kappa shape index (κ3) is 2.47. The Bertz CT molecular complexity index is 392. The summed E-state index contributed by atoms with van der Waals surface area (Å²) in [5.74, 6) is 0.274. The van der Waals surface area contributed by atoms with Gasteiger partial charge in [0.1, 0.15) is 12.0 Å². The number of rotatable bonds is 4. The van der Waals surface area contributed by atoms with Crippen molar-refractivity contribution in [1.82, 2.24) is 0 Å². The molecule has 18 heavy (non-hydrogen) atoms. The Kier molecular flexibility index (Phi) is 3.82. The van der Waals surface area contributed by atoms with Crippen LogP contribution < -0.4 is 5.73 Å². The van der Waals surface area contributed by atoms with Crippen molar-refractivity contribution >= 4 is 11.9 Å². The van der Waals surface area contributed by atoms with Crippen LogP contribution in [0.3, 0.4) is 0 Å². The molecular weight excluding hydrogens is 230 g/mol. The van der Waals surface area contributed by atoms with Crippen molar-refractivity contribution in [3.8, 4) is 0 Å². The Morgan fingerprint density at radius 2 is 2.33 bits per heavy atom. The third-order valence-electron chi connectivity index (χ3n) is 3.75. The minimum absolute atomic E-state index is 0.0866. The molecule has 2 N–H and O–H groups in total. The Labute approximate surface area is 108 Å². The average molecular weight is 252 g/mol. The average Bonchev–Trinajstić information content (AvgIpc) is 2.81. The predicted octanol–water partition coefficient (Wildman–Crippen LogP) is 2.13. The smallest absolute Gasteiger partial charge is 0.383 e. The van der Waals surface area contributed by atoms with Gasteiger partial charge in [-0.15, -0.1) is 4.99 Å². The van der Waals surface area contributed by atoms with Crippen molar-refractivity contribution in [2.45, 2.75) is 51.4 Å². The molecule has 2 rings (SSSR count). The van der Waals surface area contributed by atoms with Gasteiger partial charge in [-0.2, -0.15) is 4.48 Å². The first-order valence-electron chi connectivity index (χ1n) is 6.65. The molecule has 2 heterocycles. The highest BCUT2D eigenvalue weighted by Crippen LogP contribution is 2.31. The molecular formula is C13H22N3O2+. The lowest BCUT2D eigenvalue weighted by Gasteiger charge is -2.32. The summed E-state index contributed by atoms with van der Waals surface area (Å²) in [6, 6.07) is -0.240. The molecule has 3 atom stereocenters. The third-order valence-corrected chi connectivity index (χ3v) is 3.75. The normalized spacial score (nSPS) is 35.9. The van der Waals surface area contributed by atoms with Crippen LogP contribution in [-0.2, 0) is 4.74 Å². The van der Waals surface area contributed by atoms with Crippen molar-refractivity contribution < 1.29 is 14.0 Å². The van der Waals surface area contributed by atoms with Crippen LogP contribution in [0.5, 0.6) is 0 Å². The maximum absolute atomic E-state index is 12.0. The zero-order valence-electron chi connectivity index (χ0n) is 11.1. The highest BCUT2D eigenvalue weighted by Gasteiger charge is 2.45. The largest absolute Gasteiger partial charge is 0.451 e. The number of urea groups is 1. The van der Waals surface area contributed by atoms with Crippen LogP contribution in [0.15, 0.2) is 17.3 Å². The summed E-state index contributed by atoms with van der Waals surface area (Å²) in [5, 5.41) is 0. The summed E-state index contributed by atoms with van der Waals surface area (Å²) in [4.78, 5) is 15.8. The maximum atomic E-state index is 12.0. The van der Waals surface area contributed by atoms with E-state index in [0.29, 0.717) is 0 Å². The molecule has 0 aromatic carbocycles. The fraction of sp³-hybridized carbons (Fsp3) is 0.692. The van der Waals surface area contributed by atoms with Gasteiger partial charge in [-0.25, -0.2) is 4.79 Å². The van der Waals surface area contributed by atoms with Gasteiger partial charge in [0.05, 0.1) is 13.2 Å². The minimum atomic E-state index is -0.240. The molecule has 5 nitrogen and oxygen atoms in total. The number of unbranched alkanes of at least 4 members (excludes halogenated alkanes) is 1. The Hall–Kier alpha value is -1.20. The molecule has 2 aliphatic rings. The van der Waals surface area contributed by atoms with Gasteiger partial charge < -0.3 is 10.5 Å². The second kappa shape index (κ2) is 5.20. The molecule has 1 saturated heterocycles. The Balaban J connectivity index is 2.01. The lowest BCUT2D eigenvalue weighted by Crippen LogP contribution is -2.53. The molecule has 0 radical (unpaired) electrons. The minimum Gasteiger partial charge on any atom is -0.383 e. The second-order valence-electron chi connectivity index (χ2n) is 5.21. The van der Waals surface area contributed by atoms with Crippen molar-refractivity contribution in [1.29, 1.82) is 0 Å². The van der Waals surface area contributed by atoms with Crippen molar-refractivity contribution in [2.24, 2.45) is 10.7 Å². The van der Waals surface area contributed by atoms with Gasteiger partial charge in [0, 0.05) is 12.5 Å². The summed E-state index contributed by atoms with van der Waals surface area (Å²) in [6.07, 6.45) is 9.00. The van der Waals surface area contributed by atoms with Crippen molar-refractivity contribution in [3.05, 3.63) is 12.3 Å². The number of quaternary nitrogens is 1. The number of hydrogen-bond acceptors (Lipinski definition) is 3. The van der Waals surface area contributed by atoms with Gasteiger partial charge in [-0.3, -0.25) is 0 Å². The molecule has 0 spiro atoms. The molecule has 2 amide bonds. The van der Waals surface area contributed by atoms with Gasteiger partial charge in [0.2, 0.25) is 6.23 Å². The van der Waals surface area contributed by atoms with Gasteiger partial charge in [0.25, 0.3) is 0 Å². The molecule has 1 fully saturated rings. The van der Waals surface area contributed by atoms with E-state index in [1.165, 1.54) is 12.8 Å². The van der Waals surface area contributed by atoms with E-state index < -0.39 is 0 Å². The van der Waals surface area contributed by atoms with Crippen LogP contribution in [-0.4, -0.2) is 35.7 Å². The number of nitrogens with two attached hydrogens (primary N) is 1. The summed E-state index contributed by atoms with van der Waals surface area (Å²) in [6.45, 7) is 2.18. The fourth-order valence-corrected chi connectivity index (χ4v) is 2.50. The number of nitrogens with zero attached hydrogens (tertiary/aromatic N) is 2. The van der Waals surface area contributed by atoms with Crippen LogP contribution >= 0.6 is 0 Å². The SMILES string of the molecule is CCCCC1CCC([N+]2(C)C=CC(N)=NC2=O)O1. The molecule has 3 unspecified atom stereocenters.